The highest BCUT2D eigenvalue weighted by atomic mass is 32.2. The van der Waals surface area contributed by atoms with Gasteiger partial charge in [0, 0.05) is 18.9 Å². The molecule has 0 spiro atoms. The highest BCUT2D eigenvalue weighted by molar-refractivity contribution is 7.99. The van der Waals surface area contributed by atoms with Gasteiger partial charge in [-0.2, -0.15) is 11.8 Å². The predicted molar refractivity (Wildman–Crippen MR) is 71.9 cm³/mol. The fourth-order valence-electron chi connectivity index (χ4n) is 1.00. The standard InChI is InChI=1S/C10H23NO4S2/c1-10(2)15-6-9-17(13,14)11-4-8-16-7-3-5-12/h10-12H,3-9H2,1-2H3. The van der Waals surface area contributed by atoms with Crippen molar-refractivity contribution in [1.82, 2.24) is 4.72 Å². The third kappa shape index (κ3) is 12.4. The topological polar surface area (TPSA) is 75.6 Å². The Morgan fingerprint density at radius 3 is 2.65 bits per heavy atom. The number of hydrogen-bond acceptors (Lipinski definition) is 5. The normalized spacial score (nSPS) is 12.2. The van der Waals surface area contributed by atoms with Crippen molar-refractivity contribution in [1.29, 1.82) is 0 Å². The van der Waals surface area contributed by atoms with E-state index in [-0.39, 0.29) is 25.1 Å². The number of nitrogens with one attached hydrogen (secondary N) is 1. The van der Waals surface area contributed by atoms with Gasteiger partial charge in [-0.25, -0.2) is 13.1 Å². The molecule has 0 amide bonds. The Balaban J connectivity index is 3.51. The van der Waals surface area contributed by atoms with E-state index in [1.54, 1.807) is 11.8 Å². The van der Waals surface area contributed by atoms with Gasteiger partial charge >= 0.3 is 0 Å². The van der Waals surface area contributed by atoms with E-state index in [0.29, 0.717) is 6.54 Å². The summed E-state index contributed by atoms with van der Waals surface area (Å²) < 4.78 is 30.6. The van der Waals surface area contributed by atoms with Crippen LogP contribution in [0.2, 0.25) is 0 Å². The molecule has 0 fully saturated rings. The van der Waals surface area contributed by atoms with E-state index in [1.165, 1.54) is 0 Å². The van der Waals surface area contributed by atoms with E-state index < -0.39 is 10.0 Å². The molecule has 0 radical (unpaired) electrons. The first kappa shape index (κ1) is 17.2. The number of aliphatic hydroxyl groups is 1. The molecule has 104 valence electrons. The van der Waals surface area contributed by atoms with Crippen LogP contribution in [0.1, 0.15) is 20.3 Å². The van der Waals surface area contributed by atoms with Crippen molar-refractivity contribution in [3.05, 3.63) is 0 Å². The van der Waals surface area contributed by atoms with Gasteiger partial charge in [-0.3, -0.25) is 0 Å². The fraction of sp³-hybridized carbons (Fsp3) is 1.00. The van der Waals surface area contributed by atoms with Gasteiger partial charge in [0.05, 0.1) is 18.5 Å². The summed E-state index contributed by atoms with van der Waals surface area (Å²) in [7, 11) is -3.21. The molecule has 0 aliphatic rings. The number of thioether (sulfide) groups is 1. The number of aliphatic hydroxyl groups excluding tert-OH is 1. The zero-order chi connectivity index (χ0) is 13.1. The predicted octanol–water partition coefficient (Wildman–Crippen LogP) is 0.446. The number of ether oxygens (including phenoxy) is 1. The van der Waals surface area contributed by atoms with Crippen molar-refractivity contribution >= 4 is 21.8 Å². The lowest BCUT2D eigenvalue weighted by atomic mass is 10.5. The van der Waals surface area contributed by atoms with E-state index >= 15 is 0 Å². The van der Waals surface area contributed by atoms with Crippen molar-refractivity contribution in [2.24, 2.45) is 0 Å². The Kier molecular flexibility index (Phi) is 10.2. The molecule has 0 unspecified atom stereocenters. The van der Waals surface area contributed by atoms with Crippen molar-refractivity contribution in [3.63, 3.8) is 0 Å². The van der Waals surface area contributed by atoms with Crippen LogP contribution in [0.5, 0.6) is 0 Å². The first-order chi connectivity index (χ1) is 7.98. The maximum atomic E-state index is 11.5. The molecule has 0 heterocycles. The quantitative estimate of drug-likeness (QED) is 0.539. The van der Waals surface area contributed by atoms with Gasteiger partial charge in [-0.05, 0) is 26.0 Å². The summed E-state index contributed by atoms with van der Waals surface area (Å²) in [6.07, 6.45) is 0.804. The molecular formula is C10H23NO4S2. The zero-order valence-electron chi connectivity index (χ0n) is 10.5. The molecule has 0 atom stereocenters. The van der Waals surface area contributed by atoms with Crippen LogP contribution in [-0.2, 0) is 14.8 Å². The number of sulfonamides is 1. The Morgan fingerprint density at radius 2 is 2.06 bits per heavy atom. The molecule has 5 nitrogen and oxygen atoms in total. The molecule has 0 aliphatic carbocycles. The highest BCUT2D eigenvalue weighted by Crippen LogP contribution is 2.00. The average Bonchev–Trinajstić information content (AvgIpc) is 2.22. The zero-order valence-corrected chi connectivity index (χ0v) is 12.1. The van der Waals surface area contributed by atoms with E-state index in [2.05, 4.69) is 4.72 Å². The summed E-state index contributed by atoms with van der Waals surface area (Å²) in [6.45, 7) is 4.59. The summed E-state index contributed by atoms with van der Waals surface area (Å²) in [5.74, 6) is 1.59. The lowest BCUT2D eigenvalue weighted by Crippen LogP contribution is -2.30. The molecule has 2 N–H and O–H groups in total. The minimum Gasteiger partial charge on any atom is -0.396 e. The number of hydrogen-bond donors (Lipinski definition) is 2. The Bertz CT molecular complexity index is 267. The summed E-state index contributed by atoms with van der Waals surface area (Å²) in [5.41, 5.74) is 0. The SMILES string of the molecule is CC(C)OCCS(=O)(=O)NCCSCCCO. The van der Waals surface area contributed by atoms with Crippen LogP contribution < -0.4 is 4.72 Å². The van der Waals surface area contributed by atoms with Gasteiger partial charge in [0.2, 0.25) is 10.0 Å². The second-order valence-electron chi connectivity index (χ2n) is 3.82. The van der Waals surface area contributed by atoms with Crippen molar-refractivity contribution < 1.29 is 18.3 Å². The second kappa shape index (κ2) is 10.1. The molecular weight excluding hydrogens is 262 g/mol. The minimum absolute atomic E-state index is 0.00644. The molecule has 7 heteroatoms. The molecule has 0 aliphatic heterocycles. The van der Waals surface area contributed by atoms with Gasteiger partial charge in [0.15, 0.2) is 0 Å². The summed E-state index contributed by atoms with van der Waals surface area (Å²) in [5, 5.41) is 8.56. The molecule has 0 rings (SSSR count). The summed E-state index contributed by atoms with van der Waals surface area (Å²) in [6, 6.07) is 0. The van der Waals surface area contributed by atoms with Crippen LogP contribution in [0.3, 0.4) is 0 Å². The fourth-order valence-corrected chi connectivity index (χ4v) is 2.79. The van der Waals surface area contributed by atoms with E-state index in [1.807, 2.05) is 13.8 Å². The molecule has 0 aromatic carbocycles. The van der Waals surface area contributed by atoms with Gasteiger partial charge in [-0.15, -0.1) is 0 Å². The Morgan fingerprint density at radius 1 is 1.35 bits per heavy atom. The van der Waals surface area contributed by atoms with Crippen LogP contribution >= 0.6 is 11.8 Å². The molecule has 0 bridgehead atoms. The Hall–Kier alpha value is 0.180. The molecule has 0 saturated carbocycles. The molecule has 0 aromatic heterocycles. The first-order valence-electron chi connectivity index (χ1n) is 5.75. The van der Waals surface area contributed by atoms with E-state index in [4.69, 9.17) is 9.84 Å². The largest absolute Gasteiger partial charge is 0.396 e. The third-order valence-corrected chi connectivity index (χ3v) is 4.24. The highest BCUT2D eigenvalue weighted by Gasteiger charge is 2.09. The maximum absolute atomic E-state index is 11.5. The van der Waals surface area contributed by atoms with E-state index in [0.717, 1.165) is 17.9 Å². The monoisotopic (exact) mass is 285 g/mol. The first-order valence-corrected chi connectivity index (χ1v) is 8.56. The number of rotatable bonds is 11. The van der Waals surface area contributed by atoms with Crippen molar-refractivity contribution in [2.75, 3.05) is 37.0 Å². The second-order valence-corrected chi connectivity index (χ2v) is 6.97. The van der Waals surface area contributed by atoms with E-state index in [9.17, 15) is 8.42 Å². The smallest absolute Gasteiger partial charge is 0.213 e. The van der Waals surface area contributed by atoms with Gasteiger partial charge in [0.1, 0.15) is 0 Å². The van der Waals surface area contributed by atoms with Crippen LogP contribution in [0.25, 0.3) is 0 Å². The third-order valence-electron chi connectivity index (χ3n) is 1.82. The van der Waals surface area contributed by atoms with Crippen LogP contribution in [-0.4, -0.2) is 56.6 Å². The van der Waals surface area contributed by atoms with Crippen LogP contribution in [0, 0.1) is 0 Å². The van der Waals surface area contributed by atoms with Crippen LogP contribution in [0.15, 0.2) is 0 Å². The molecule has 0 saturated heterocycles. The lowest BCUT2D eigenvalue weighted by molar-refractivity contribution is 0.0911. The molecule has 17 heavy (non-hydrogen) atoms. The van der Waals surface area contributed by atoms with Crippen LogP contribution in [0.4, 0.5) is 0 Å². The summed E-state index contributed by atoms with van der Waals surface area (Å²) >= 11 is 1.63. The van der Waals surface area contributed by atoms with Gasteiger partial charge in [-0.1, -0.05) is 0 Å². The maximum Gasteiger partial charge on any atom is 0.213 e. The van der Waals surface area contributed by atoms with Gasteiger partial charge < -0.3 is 9.84 Å². The molecule has 0 aromatic rings. The van der Waals surface area contributed by atoms with Gasteiger partial charge in [0.25, 0.3) is 0 Å². The lowest BCUT2D eigenvalue weighted by Gasteiger charge is -2.09. The van der Waals surface area contributed by atoms with Crippen molar-refractivity contribution in [3.8, 4) is 0 Å². The van der Waals surface area contributed by atoms with Crippen molar-refractivity contribution in [2.45, 2.75) is 26.4 Å². The minimum atomic E-state index is -3.21. The average molecular weight is 285 g/mol. The summed E-state index contributed by atoms with van der Waals surface area (Å²) in [4.78, 5) is 0. The Labute approximate surface area is 108 Å².